The van der Waals surface area contributed by atoms with E-state index in [1.165, 1.54) is 6.33 Å². The molecule has 0 bridgehead atoms. The van der Waals surface area contributed by atoms with Crippen LogP contribution < -0.4 is 5.56 Å². The van der Waals surface area contributed by atoms with Gasteiger partial charge in [0.05, 0.1) is 6.33 Å². The van der Waals surface area contributed by atoms with Crippen LogP contribution in [-0.4, -0.2) is 19.5 Å². The van der Waals surface area contributed by atoms with Gasteiger partial charge in [-0.25, -0.2) is 9.97 Å². The van der Waals surface area contributed by atoms with Crippen molar-refractivity contribution in [3.8, 4) is 0 Å². The molecule has 0 aromatic carbocycles. The number of imidazole rings is 1. The van der Waals surface area contributed by atoms with Crippen molar-refractivity contribution in [2.45, 2.75) is 6.92 Å². The molecule has 12 heavy (non-hydrogen) atoms. The van der Waals surface area contributed by atoms with Crippen LogP contribution in [0.2, 0.25) is 0 Å². The topological polar surface area (TPSA) is 63.6 Å². The van der Waals surface area contributed by atoms with Crippen LogP contribution in [0.4, 0.5) is 0 Å². The van der Waals surface area contributed by atoms with E-state index in [0.717, 1.165) is 5.82 Å². The first kappa shape index (κ1) is 7.02. The number of aromatic nitrogens is 4. The molecule has 0 spiro atoms. The van der Waals surface area contributed by atoms with Crippen LogP contribution in [-0.2, 0) is 7.05 Å². The first-order valence-corrected chi connectivity index (χ1v) is 3.57. The lowest BCUT2D eigenvalue weighted by atomic mass is 10.5. The van der Waals surface area contributed by atoms with Crippen molar-refractivity contribution < 1.29 is 0 Å². The molecule has 2 aromatic rings. The van der Waals surface area contributed by atoms with Crippen LogP contribution in [0, 0.1) is 6.92 Å². The number of hydrogen-bond donors (Lipinski definition) is 1. The maximum atomic E-state index is 11.3. The van der Waals surface area contributed by atoms with Gasteiger partial charge in [0.15, 0.2) is 11.2 Å². The molecule has 5 heteroatoms. The van der Waals surface area contributed by atoms with Gasteiger partial charge in [-0.15, -0.1) is 0 Å². The Morgan fingerprint density at radius 1 is 1.58 bits per heavy atom. The van der Waals surface area contributed by atoms with Gasteiger partial charge in [-0.05, 0) is 6.92 Å². The van der Waals surface area contributed by atoms with E-state index in [2.05, 4.69) is 15.0 Å². The van der Waals surface area contributed by atoms with Gasteiger partial charge in [-0.1, -0.05) is 0 Å². The molecule has 2 aromatic heterocycles. The van der Waals surface area contributed by atoms with Gasteiger partial charge in [0.1, 0.15) is 5.82 Å². The summed E-state index contributed by atoms with van der Waals surface area (Å²) in [5.74, 6) is 0.786. The Hall–Kier alpha value is -1.65. The average Bonchev–Trinajstić information content (AvgIpc) is 2.29. The quantitative estimate of drug-likeness (QED) is 0.594. The van der Waals surface area contributed by atoms with Crippen LogP contribution in [0.1, 0.15) is 5.82 Å². The Morgan fingerprint density at radius 3 is 3.00 bits per heavy atom. The molecule has 1 N–H and O–H groups in total. The van der Waals surface area contributed by atoms with Crippen molar-refractivity contribution in [1.29, 1.82) is 0 Å². The standard InChI is InChI=1S/C7H8N4O/c1-4-10-6-5(11(4)2)7(12)9-3-8-6/h3H,1-2H3,(H,8,9,12). The summed E-state index contributed by atoms with van der Waals surface area (Å²) in [5, 5.41) is 0. The molecule has 2 rings (SSSR count). The van der Waals surface area contributed by atoms with Crippen molar-refractivity contribution in [3.63, 3.8) is 0 Å². The number of hydrogen-bond acceptors (Lipinski definition) is 3. The zero-order valence-corrected chi connectivity index (χ0v) is 6.83. The zero-order valence-electron chi connectivity index (χ0n) is 6.83. The number of nitrogens with zero attached hydrogens (tertiary/aromatic N) is 3. The van der Waals surface area contributed by atoms with Crippen LogP contribution in [0.25, 0.3) is 11.2 Å². The molecular formula is C7H8N4O. The molecule has 0 radical (unpaired) electrons. The van der Waals surface area contributed by atoms with Gasteiger partial charge in [-0.3, -0.25) is 4.79 Å². The lowest BCUT2D eigenvalue weighted by Gasteiger charge is -1.92. The highest BCUT2D eigenvalue weighted by Gasteiger charge is 2.07. The monoisotopic (exact) mass is 164 g/mol. The van der Waals surface area contributed by atoms with Crippen molar-refractivity contribution in [1.82, 2.24) is 19.5 Å². The van der Waals surface area contributed by atoms with Crippen LogP contribution >= 0.6 is 0 Å². The summed E-state index contributed by atoms with van der Waals surface area (Å²) in [7, 11) is 1.79. The fraction of sp³-hybridized carbons (Fsp3) is 0.286. The summed E-state index contributed by atoms with van der Waals surface area (Å²) in [4.78, 5) is 21.8. The smallest absolute Gasteiger partial charge is 0.276 e. The van der Waals surface area contributed by atoms with Crippen molar-refractivity contribution in [2.75, 3.05) is 0 Å². The largest absolute Gasteiger partial charge is 0.325 e. The van der Waals surface area contributed by atoms with Gasteiger partial charge in [0, 0.05) is 7.05 Å². The Morgan fingerprint density at radius 2 is 2.33 bits per heavy atom. The van der Waals surface area contributed by atoms with Crippen LogP contribution in [0.5, 0.6) is 0 Å². The third-order valence-electron chi connectivity index (χ3n) is 1.90. The predicted octanol–water partition coefficient (Wildman–Crippen LogP) is -0.0350. The zero-order chi connectivity index (χ0) is 8.72. The molecule has 0 saturated heterocycles. The van der Waals surface area contributed by atoms with E-state index in [1.54, 1.807) is 11.6 Å². The lowest BCUT2D eigenvalue weighted by molar-refractivity contribution is 0.880. The third-order valence-corrected chi connectivity index (χ3v) is 1.90. The van der Waals surface area contributed by atoms with E-state index >= 15 is 0 Å². The summed E-state index contributed by atoms with van der Waals surface area (Å²) < 4.78 is 1.72. The minimum absolute atomic E-state index is 0.150. The van der Waals surface area contributed by atoms with E-state index in [9.17, 15) is 4.79 Å². The molecule has 0 fully saturated rings. The second-order valence-corrected chi connectivity index (χ2v) is 2.62. The van der Waals surface area contributed by atoms with Gasteiger partial charge >= 0.3 is 0 Å². The fourth-order valence-electron chi connectivity index (χ4n) is 1.16. The minimum Gasteiger partial charge on any atom is -0.325 e. The molecule has 62 valence electrons. The van der Waals surface area contributed by atoms with Gasteiger partial charge in [-0.2, -0.15) is 0 Å². The molecule has 2 heterocycles. The van der Waals surface area contributed by atoms with E-state index in [-0.39, 0.29) is 5.56 Å². The van der Waals surface area contributed by atoms with Crippen LogP contribution in [0.3, 0.4) is 0 Å². The van der Waals surface area contributed by atoms with Crippen molar-refractivity contribution >= 4 is 11.2 Å². The molecule has 0 saturated carbocycles. The Labute approximate surface area is 68.1 Å². The highest BCUT2D eigenvalue weighted by molar-refractivity contribution is 5.69. The molecule has 0 atom stereocenters. The molecule has 0 aliphatic rings. The van der Waals surface area contributed by atoms with E-state index < -0.39 is 0 Å². The summed E-state index contributed by atoms with van der Waals surface area (Å²) in [5.41, 5.74) is 0.872. The summed E-state index contributed by atoms with van der Waals surface area (Å²) in [6, 6.07) is 0. The van der Waals surface area contributed by atoms with E-state index in [4.69, 9.17) is 0 Å². The third kappa shape index (κ3) is 0.761. The SMILES string of the molecule is Cc1nc2nc[nH]c(=O)c2n1C. The number of rotatable bonds is 0. The number of aromatic amines is 1. The average molecular weight is 164 g/mol. The molecule has 0 aliphatic carbocycles. The van der Waals surface area contributed by atoms with Crippen molar-refractivity contribution in [3.05, 3.63) is 22.5 Å². The number of aryl methyl sites for hydroxylation is 2. The summed E-state index contributed by atoms with van der Waals surface area (Å²) in [6.07, 6.45) is 1.36. The Balaban J connectivity index is 3.07. The van der Waals surface area contributed by atoms with Gasteiger partial charge in [0.25, 0.3) is 5.56 Å². The Kier molecular flexibility index (Phi) is 1.27. The maximum Gasteiger partial charge on any atom is 0.276 e. The summed E-state index contributed by atoms with van der Waals surface area (Å²) >= 11 is 0. The molecular weight excluding hydrogens is 156 g/mol. The summed E-state index contributed by atoms with van der Waals surface area (Å²) in [6.45, 7) is 1.83. The number of H-pyrrole nitrogens is 1. The van der Waals surface area contributed by atoms with Crippen molar-refractivity contribution in [2.24, 2.45) is 7.05 Å². The second-order valence-electron chi connectivity index (χ2n) is 2.62. The van der Waals surface area contributed by atoms with E-state index in [1.807, 2.05) is 6.92 Å². The molecule has 0 unspecified atom stereocenters. The van der Waals surface area contributed by atoms with Crippen LogP contribution in [0.15, 0.2) is 11.1 Å². The first-order valence-electron chi connectivity index (χ1n) is 3.57. The second kappa shape index (κ2) is 2.17. The normalized spacial score (nSPS) is 10.8. The Bertz CT molecular complexity index is 482. The highest BCUT2D eigenvalue weighted by Crippen LogP contribution is 2.04. The number of nitrogens with one attached hydrogen (secondary N) is 1. The first-order chi connectivity index (χ1) is 5.70. The highest BCUT2D eigenvalue weighted by atomic mass is 16.1. The minimum atomic E-state index is -0.150. The fourth-order valence-corrected chi connectivity index (χ4v) is 1.16. The molecule has 0 aliphatic heterocycles. The predicted molar refractivity (Wildman–Crippen MR) is 43.9 cm³/mol. The lowest BCUT2D eigenvalue weighted by Crippen LogP contribution is -2.09. The molecule has 5 nitrogen and oxygen atoms in total. The van der Waals surface area contributed by atoms with Gasteiger partial charge < -0.3 is 9.55 Å². The molecule has 0 amide bonds. The van der Waals surface area contributed by atoms with Gasteiger partial charge in [0.2, 0.25) is 0 Å². The number of fused-ring (bicyclic) bond motifs is 1. The van der Waals surface area contributed by atoms with E-state index in [0.29, 0.717) is 11.2 Å². The maximum absolute atomic E-state index is 11.3.